The van der Waals surface area contributed by atoms with Crippen molar-refractivity contribution in [2.45, 2.75) is 51.9 Å². The smallest absolute Gasteiger partial charge is 0.305 e. The maximum Gasteiger partial charge on any atom is 0.305 e. The topological polar surface area (TPSA) is 43.4 Å². The number of unbranched alkanes of at least 4 members (excludes halogenated alkanes) is 4. The molecule has 3 nitrogen and oxygen atoms in total. The summed E-state index contributed by atoms with van der Waals surface area (Å²) in [5, 5.41) is -0.236. The van der Waals surface area contributed by atoms with Gasteiger partial charge in [0.05, 0.1) is 13.0 Å². The van der Waals surface area contributed by atoms with E-state index in [9.17, 15) is 9.59 Å². The van der Waals surface area contributed by atoms with Crippen molar-refractivity contribution < 1.29 is 14.3 Å². The van der Waals surface area contributed by atoms with Crippen LogP contribution in [0.3, 0.4) is 0 Å². The van der Waals surface area contributed by atoms with Gasteiger partial charge in [-0.05, 0) is 37.8 Å². The molecule has 1 atom stereocenters. The van der Waals surface area contributed by atoms with Crippen LogP contribution in [0.1, 0.15) is 51.9 Å². The molecule has 0 saturated carbocycles. The molecule has 1 aliphatic carbocycles. The molecule has 1 rings (SSSR count). The van der Waals surface area contributed by atoms with Crippen molar-refractivity contribution in [2.24, 2.45) is 5.92 Å². The molecule has 0 radical (unpaired) electrons. The summed E-state index contributed by atoms with van der Waals surface area (Å²) in [6.45, 7) is 1.98. The van der Waals surface area contributed by atoms with E-state index < -0.39 is 0 Å². The lowest BCUT2D eigenvalue weighted by molar-refractivity contribution is -0.140. The van der Waals surface area contributed by atoms with Gasteiger partial charge in [-0.25, -0.2) is 0 Å². The third-order valence-electron chi connectivity index (χ3n) is 3.49. The predicted octanol–water partition coefficient (Wildman–Crippen LogP) is 3.60. The van der Waals surface area contributed by atoms with E-state index in [0.717, 1.165) is 38.5 Å². The molecule has 0 heterocycles. The monoisotopic (exact) mass is 272 g/mol. The molecule has 0 bridgehead atoms. The van der Waals surface area contributed by atoms with Crippen molar-refractivity contribution in [1.82, 2.24) is 0 Å². The first kappa shape index (κ1) is 15.2. The molecule has 1 unspecified atom stereocenters. The highest BCUT2D eigenvalue weighted by Gasteiger charge is 2.36. The quantitative estimate of drug-likeness (QED) is 0.279. The largest absolute Gasteiger partial charge is 0.469 e. The van der Waals surface area contributed by atoms with Crippen LogP contribution in [0, 0.1) is 5.92 Å². The molecule has 102 valence electrons. The van der Waals surface area contributed by atoms with Crippen LogP contribution in [-0.2, 0) is 14.3 Å². The first-order valence-corrected chi connectivity index (χ1v) is 6.91. The highest BCUT2D eigenvalue weighted by Crippen LogP contribution is 2.43. The van der Waals surface area contributed by atoms with Crippen LogP contribution in [0.5, 0.6) is 0 Å². The van der Waals surface area contributed by atoms with Gasteiger partial charge in [0.15, 0.2) is 0 Å². The van der Waals surface area contributed by atoms with Crippen LogP contribution < -0.4 is 0 Å². The van der Waals surface area contributed by atoms with Crippen LogP contribution >= 0.6 is 11.6 Å². The van der Waals surface area contributed by atoms with Crippen molar-refractivity contribution in [2.75, 3.05) is 7.11 Å². The van der Waals surface area contributed by atoms with Gasteiger partial charge in [0.2, 0.25) is 5.24 Å². The van der Waals surface area contributed by atoms with Crippen molar-refractivity contribution >= 4 is 22.8 Å². The SMILES string of the molecule is COC(=O)CCCCCCCC1=C(C)C1C(=O)Cl. The van der Waals surface area contributed by atoms with Crippen molar-refractivity contribution in [1.29, 1.82) is 0 Å². The molecule has 0 amide bonds. The molecule has 0 fully saturated rings. The van der Waals surface area contributed by atoms with Crippen LogP contribution in [0.2, 0.25) is 0 Å². The second-order valence-electron chi connectivity index (χ2n) is 4.79. The summed E-state index contributed by atoms with van der Waals surface area (Å²) in [6, 6.07) is 0. The van der Waals surface area contributed by atoms with Gasteiger partial charge in [-0.1, -0.05) is 30.4 Å². The molecule has 1 aliphatic rings. The van der Waals surface area contributed by atoms with Crippen molar-refractivity contribution in [3.05, 3.63) is 11.1 Å². The summed E-state index contributed by atoms with van der Waals surface area (Å²) in [7, 11) is 1.42. The number of carbonyl (C=O) groups excluding carboxylic acids is 2. The summed E-state index contributed by atoms with van der Waals surface area (Å²) < 4.78 is 4.57. The molecular weight excluding hydrogens is 252 g/mol. The summed E-state index contributed by atoms with van der Waals surface area (Å²) in [5.74, 6) is -0.178. The Kier molecular flexibility index (Phi) is 6.41. The van der Waals surface area contributed by atoms with E-state index >= 15 is 0 Å². The fraction of sp³-hybridized carbons (Fsp3) is 0.714. The summed E-state index contributed by atoms with van der Waals surface area (Å²) in [6.07, 6.45) is 6.84. The molecule has 0 N–H and O–H groups in total. The van der Waals surface area contributed by atoms with E-state index in [2.05, 4.69) is 4.74 Å². The van der Waals surface area contributed by atoms with Gasteiger partial charge in [0.1, 0.15) is 0 Å². The average Bonchev–Trinajstić information content (AvgIpc) is 2.98. The summed E-state index contributed by atoms with van der Waals surface area (Å²) in [5.41, 5.74) is 2.41. The second kappa shape index (κ2) is 7.57. The van der Waals surface area contributed by atoms with E-state index in [1.165, 1.54) is 18.3 Å². The number of rotatable bonds is 9. The molecule has 0 aromatic carbocycles. The normalized spacial score (nSPS) is 17.8. The zero-order valence-corrected chi connectivity index (χ0v) is 11.9. The van der Waals surface area contributed by atoms with E-state index in [0.29, 0.717) is 6.42 Å². The Balaban J connectivity index is 1.94. The Hall–Kier alpha value is -0.830. The van der Waals surface area contributed by atoms with Crippen LogP contribution in [0.25, 0.3) is 0 Å². The fourth-order valence-electron chi connectivity index (χ4n) is 2.26. The lowest BCUT2D eigenvalue weighted by Crippen LogP contribution is -1.99. The Morgan fingerprint density at radius 1 is 1.17 bits per heavy atom. The highest BCUT2D eigenvalue weighted by atomic mass is 35.5. The Bertz CT molecular complexity index is 347. The van der Waals surface area contributed by atoms with Gasteiger partial charge in [-0.3, -0.25) is 9.59 Å². The van der Waals surface area contributed by atoms with E-state index in [1.807, 2.05) is 6.92 Å². The number of allylic oxidation sites excluding steroid dienone is 2. The number of hydrogen-bond donors (Lipinski definition) is 0. The lowest BCUT2D eigenvalue weighted by Gasteiger charge is -2.00. The van der Waals surface area contributed by atoms with E-state index in [4.69, 9.17) is 11.6 Å². The fourth-order valence-corrected chi connectivity index (χ4v) is 2.55. The Labute approximate surface area is 114 Å². The van der Waals surface area contributed by atoms with Gasteiger partial charge in [0.25, 0.3) is 0 Å². The molecule has 18 heavy (non-hydrogen) atoms. The minimum absolute atomic E-state index is 0.0500. The molecular formula is C14H21ClO3. The van der Waals surface area contributed by atoms with Crippen LogP contribution in [-0.4, -0.2) is 18.3 Å². The molecule has 0 aromatic heterocycles. The molecule has 4 heteroatoms. The minimum atomic E-state index is -0.236. The standard InChI is InChI=1S/C14H21ClO3/c1-10-11(13(10)14(15)17)8-6-4-3-5-7-9-12(16)18-2/h13H,3-9H2,1-2H3. The zero-order chi connectivity index (χ0) is 13.5. The van der Waals surface area contributed by atoms with Crippen molar-refractivity contribution in [3.63, 3.8) is 0 Å². The number of methoxy groups -OCH3 is 1. The molecule has 0 aliphatic heterocycles. The van der Waals surface area contributed by atoms with Crippen molar-refractivity contribution in [3.8, 4) is 0 Å². The average molecular weight is 273 g/mol. The van der Waals surface area contributed by atoms with E-state index in [-0.39, 0.29) is 17.1 Å². The van der Waals surface area contributed by atoms with Gasteiger partial charge in [-0.2, -0.15) is 0 Å². The van der Waals surface area contributed by atoms with Gasteiger partial charge in [-0.15, -0.1) is 0 Å². The number of carbonyl (C=O) groups is 2. The van der Waals surface area contributed by atoms with Gasteiger partial charge in [0, 0.05) is 6.42 Å². The Morgan fingerprint density at radius 2 is 1.78 bits per heavy atom. The summed E-state index contributed by atoms with van der Waals surface area (Å²) in [4.78, 5) is 21.8. The first-order valence-electron chi connectivity index (χ1n) is 6.53. The molecule has 0 aromatic rings. The maximum atomic E-state index is 11.0. The van der Waals surface area contributed by atoms with Gasteiger partial charge < -0.3 is 4.74 Å². The Morgan fingerprint density at radius 3 is 2.33 bits per heavy atom. The molecule has 0 spiro atoms. The maximum absolute atomic E-state index is 11.0. The first-order chi connectivity index (χ1) is 8.57. The third-order valence-corrected chi connectivity index (χ3v) is 3.70. The number of halogens is 1. The minimum Gasteiger partial charge on any atom is -0.469 e. The second-order valence-corrected chi connectivity index (χ2v) is 5.16. The highest BCUT2D eigenvalue weighted by molar-refractivity contribution is 6.65. The number of esters is 1. The van der Waals surface area contributed by atoms with Crippen LogP contribution in [0.4, 0.5) is 0 Å². The van der Waals surface area contributed by atoms with E-state index in [1.54, 1.807) is 0 Å². The van der Waals surface area contributed by atoms with Gasteiger partial charge >= 0.3 is 5.97 Å². The predicted molar refractivity (Wildman–Crippen MR) is 71.4 cm³/mol. The van der Waals surface area contributed by atoms with Crippen LogP contribution in [0.15, 0.2) is 11.1 Å². The third kappa shape index (κ3) is 4.81. The molecule has 0 saturated heterocycles. The zero-order valence-electron chi connectivity index (χ0n) is 11.1. The lowest BCUT2D eigenvalue weighted by atomic mass is 10.1. The number of ether oxygens (including phenoxy) is 1. The number of hydrogen-bond acceptors (Lipinski definition) is 3. The summed E-state index contributed by atoms with van der Waals surface area (Å²) >= 11 is 5.47.